The molecule has 1 heterocycles. The van der Waals surface area contributed by atoms with Crippen LogP contribution in [0.5, 0.6) is 0 Å². The highest BCUT2D eigenvalue weighted by Gasteiger charge is 2.19. The molecule has 114 valence electrons. The van der Waals surface area contributed by atoms with Gasteiger partial charge in [0.15, 0.2) is 0 Å². The Balaban J connectivity index is 1.82. The fraction of sp³-hybridized carbons (Fsp3) is 0.500. The summed E-state index contributed by atoms with van der Waals surface area (Å²) in [6, 6.07) is 6.91. The van der Waals surface area contributed by atoms with Crippen LogP contribution in [-0.4, -0.2) is 43.5 Å². The standard InChI is InChI=1S/C16H22N2O3/c1-12-7-9-18(10-8-12)15(19)11-17-14-5-3-13(4-6-14)16(20)21-2/h3-6,12,17H,7-11H2,1-2H3. The van der Waals surface area contributed by atoms with Crippen molar-refractivity contribution in [3.05, 3.63) is 29.8 Å². The quantitative estimate of drug-likeness (QED) is 0.863. The Morgan fingerprint density at radius 3 is 2.43 bits per heavy atom. The van der Waals surface area contributed by atoms with Gasteiger partial charge in [0, 0.05) is 18.8 Å². The molecule has 1 amide bonds. The number of hydrogen-bond donors (Lipinski definition) is 1. The van der Waals surface area contributed by atoms with Gasteiger partial charge in [-0.25, -0.2) is 4.79 Å². The molecule has 1 aromatic carbocycles. The first-order valence-electron chi connectivity index (χ1n) is 7.30. The van der Waals surface area contributed by atoms with E-state index in [4.69, 9.17) is 0 Å². The zero-order valence-corrected chi connectivity index (χ0v) is 12.6. The molecule has 0 bridgehead atoms. The van der Waals surface area contributed by atoms with Gasteiger partial charge in [0.05, 0.1) is 19.2 Å². The van der Waals surface area contributed by atoms with Crippen LogP contribution in [0.25, 0.3) is 0 Å². The first-order valence-corrected chi connectivity index (χ1v) is 7.30. The maximum atomic E-state index is 12.1. The van der Waals surface area contributed by atoms with E-state index in [2.05, 4.69) is 17.0 Å². The van der Waals surface area contributed by atoms with Crippen molar-refractivity contribution in [1.29, 1.82) is 0 Å². The smallest absolute Gasteiger partial charge is 0.337 e. The van der Waals surface area contributed by atoms with Gasteiger partial charge < -0.3 is 15.0 Å². The number of esters is 1. The highest BCUT2D eigenvalue weighted by atomic mass is 16.5. The summed E-state index contributed by atoms with van der Waals surface area (Å²) in [7, 11) is 1.35. The molecule has 0 atom stereocenters. The van der Waals surface area contributed by atoms with Crippen molar-refractivity contribution in [2.24, 2.45) is 5.92 Å². The van der Waals surface area contributed by atoms with Gasteiger partial charge in [0.2, 0.25) is 5.91 Å². The van der Waals surface area contributed by atoms with Gasteiger partial charge in [-0.05, 0) is 43.0 Å². The third kappa shape index (κ3) is 4.21. The first-order chi connectivity index (χ1) is 10.1. The molecule has 0 aliphatic carbocycles. The maximum absolute atomic E-state index is 12.1. The molecule has 0 spiro atoms. The predicted octanol–water partition coefficient (Wildman–Crippen LogP) is 2.14. The lowest BCUT2D eigenvalue weighted by Crippen LogP contribution is -2.40. The monoisotopic (exact) mass is 290 g/mol. The molecule has 0 saturated carbocycles. The molecule has 1 aliphatic heterocycles. The number of methoxy groups -OCH3 is 1. The van der Waals surface area contributed by atoms with Crippen molar-refractivity contribution in [3.63, 3.8) is 0 Å². The lowest BCUT2D eigenvalue weighted by molar-refractivity contribution is -0.130. The van der Waals surface area contributed by atoms with E-state index in [1.807, 2.05) is 4.90 Å². The molecular formula is C16H22N2O3. The highest BCUT2D eigenvalue weighted by molar-refractivity contribution is 5.89. The van der Waals surface area contributed by atoms with Gasteiger partial charge in [-0.15, -0.1) is 0 Å². The number of carbonyl (C=O) groups excluding carboxylic acids is 2. The molecule has 1 saturated heterocycles. The zero-order valence-electron chi connectivity index (χ0n) is 12.6. The number of likely N-dealkylation sites (tertiary alicyclic amines) is 1. The Morgan fingerprint density at radius 2 is 1.86 bits per heavy atom. The molecule has 0 aromatic heterocycles. The van der Waals surface area contributed by atoms with Crippen molar-refractivity contribution in [2.75, 3.05) is 32.1 Å². The molecular weight excluding hydrogens is 268 g/mol. The Kier molecular flexibility index (Phi) is 5.20. The van der Waals surface area contributed by atoms with Crippen molar-refractivity contribution in [3.8, 4) is 0 Å². The molecule has 21 heavy (non-hydrogen) atoms. The molecule has 1 fully saturated rings. The number of rotatable bonds is 4. The van der Waals surface area contributed by atoms with E-state index >= 15 is 0 Å². The minimum Gasteiger partial charge on any atom is -0.465 e. The van der Waals surface area contributed by atoms with Crippen LogP contribution in [0.4, 0.5) is 5.69 Å². The third-order valence-corrected chi connectivity index (χ3v) is 3.89. The Hall–Kier alpha value is -2.04. The number of amides is 1. The van der Waals surface area contributed by atoms with Crippen LogP contribution in [0.15, 0.2) is 24.3 Å². The molecule has 2 rings (SSSR count). The van der Waals surface area contributed by atoms with Gasteiger partial charge >= 0.3 is 5.97 Å². The van der Waals surface area contributed by atoms with Gasteiger partial charge in [0.25, 0.3) is 0 Å². The molecule has 1 aromatic rings. The second-order valence-corrected chi connectivity index (χ2v) is 5.49. The molecule has 0 radical (unpaired) electrons. The Morgan fingerprint density at radius 1 is 1.24 bits per heavy atom. The average molecular weight is 290 g/mol. The molecule has 1 aliphatic rings. The fourth-order valence-electron chi connectivity index (χ4n) is 2.39. The van der Waals surface area contributed by atoms with E-state index in [-0.39, 0.29) is 18.4 Å². The summed E-state index contributed by atoms with van der Waals surface area (Å²) in [5, 5.41) is 3.09. The van der Waals surface area contributed by atoms with Crippen LogP contribution in [0.3, 0.4) is 0 Å². The van der Waals surface area contributed by atoms with Gasteiger partial charge in [-0.1, -0.05) is 6.92 Å². The SMILES string of the molecule is COC(=O)c1ccc(NCC(=O)N2CCC(C)CC2)cc1. The van der Waals surface area contributed by atoms with E-state index < -0.39 is 0 Å². The van der Waals surface area contributed by atoms with Gasteiger partial charge in [-0.2, -0.15) is 0 Å². The molecule has 5 nitrogen and oxygen atoms in total. The zero-order chi connectivity index (χ0) is 15.2. The predicted molar refractivity (Wildman–Crippen MR) is 81.2 cm³/mol. The number of piperidine rings is 1. The largest absolute Gasteiger partial charge is 0.465 e. The van der Waals surface area contributed by atoms with Crippen molar-refractivity contribution in [2.45, 2.75) is 19.8 Å². The van der Waals surface area contributed by atoms with E-state index in [0.717, 1.165) is 31.6 Å². The number of hydrogen-bond acceptors (Lipinski definition) is 4. The van der Waals surface area contributed by atoms with E-state index in [9.17, 15) is 9.59 Å². The van der Waals surface area contributed by atoms with Gasteiger partial charge in [-0.3, -0.25) is 4.79 Å². The average Bonchev–Trinajstić information content (AvgIpc) is 2.53. The minimum atomic E-state index is -0.361. The topological polar surface area (TPSA) is 58.6 Å². The van der Waals surface area contributed by atoms with Crippen LogP contribution in [0.2, 0.25) is 0 Å². The fourth-order valence-corrected chi connectivity index (χ4v) is 2.39. The van der Waals surface area contributed by atoms with Crippen LogP contribution in [-0.2, 0) is 9.53 Å². The second-order valence-electron chi connectivity index (χ2n) is 5.49. The van der Waals surface area contributed by atoms with E-state index in [1.54, 1.807) is 24.3 Å². The van der Waals surface area contributed by atoms with Crippen molar-refractivity contribution in [1.82, 2.24) is 4.90 Å². The van der Waals surface area contributed by atoms with Crippen LogP contribution >= 0.6 is 0 Å². The first kappa shape index (κ1) is 15.4. The molecule has 5 heteroatoms. The number of ether oxygens (including phenoxy) is 1. The van der Waals surface area contributed by atoms with Crippen molar-refractivity contribution >= 4 is 17.6 Å². The summed E-state index contributed by atoms with van der Waals surface area (Å²) in [6.45, 7) is 4.21. The van der Waals surface area contributed by atoms with E-state index in [1.165, 1.54) is 7.11 Å². The molecule has 1 N–H and O–H groups in total. The summed E-state index contributed by atoms with van der Waals surface area (Å²) >= 11 is 0. The summed E-state index contributed by atoms with van der Waals surface area (Å²) in [4.78, 5) is 25.3. The maximum Gasteiger partial charge on any atom is 0.337 e. The highest BCUT2D eigenvalue weighted by Crippen LogP contribution is 2.16. The normalized spacial score (nSPS) is 15.6. The number of anilines is 1. The summed E-state index contributed by atoms with van der Waals surface area (Å²) < 4.78 is 4.64. The Labute approximate surface area is 125 Å². The van der Waals surface area contributed by atoms with Crippen LogP contribution < -0.4 is 5.32 Å². The lowest BCUT2D eigenvalue weighted by atomic mass is 9.99. The summed E-state index contributed by atoms with van der Waals surface area (Å²) in [5.74, 6) is 0.479. The van der Waals surface area contributed by atoms with Gasteiger partial charge in [0.1, 0.15) is 0 Å². The summed E-state index contributed by atoms with van der Waals surface area (Å²) in [6.07, 6.45) is 2.17. The minimum absolute atomic E-state index is 0.124. The third-order valence-electron chi connectivity index (χ3n) is 3.89. The number of benzene rings is 1. The molecule has 0 unspecified atom stereocenters. The van der Waals surface area contributed by atoms with Crippen LogP contribution in [0, 0.1) is 5.92 Å². The second kappa shape index (κ2) is 7.11. The summed E-state index contributed by atoms with van der Waals surface area (Å²) in [5.41, 5.74) is 1.32. The number of nitrogens with one attached hydrogen (secondary N) is 1. The van der Waals surface area contributed by atoms with Crippen molar-refractivity contribution < 1.29 is 14.3 Å². The lowest BCUT2D eigenvalue weighted by Gasteiger charge is -2.30. The van der Waals surface area contributed by atoms with E-state index in [0.29, 0.717) is 11.5 Å². The Bertz CT molecular complexity index is 491. The number of nitrogens with zero attached hydrogens (tertiary/aromatic N) is 1. The number of carbonyl (C=O) groups is 2. The van der Waals surface area contributed by atoms with Crippen LogP contribution in [0.1, 0.15) is 30.1 Å².